The Morgan fingerprint density at radius 1 is 0.719 bits per heavy atom. The van der Waals surface area contributed by atoms with Gasteiger partial charge in [-0.05, 0) is 102 Å². The van der Waals surface area contributed by atoms with Gasteiger partial charge in [-0.1, -0.05) is 139 Å². The van der Waals surface area contributed by atoms with Gasteiger partial charge in [-0.15, -0.1) is 0 Å². The van der Waals surface area contributed by atoms with E-state index in [0.29, 0.717) is 49.9 Å². The fraction of sp³-hybridized carbons (Fsp3) is 0.593. The molecule has 4 rings (SSSR count). The number of carbonyl (C=O) groups is 2. The summed E-state index contributed by atoms with van der Waals surface area (Å²) in [6.45, 7) is 17.5. The number of hydrogen-bond acceptors (Lipinski definition) is 8. The SMILES string of the molecule is C=C(CCCCCCCNC(=O)C(N)CCCCN(N)/C1=C(\N)c2ccccc2CN(C(=O)CCCCC(=C)NCCC)c2ccccc21)CCC(=C)NC1CCCCCCCCC1. The number of nitrogens with zero attached hydrogens (tertiary/aromatic N) is 2. The second-order valence-electron chi connectivity index (χ2n) is 18.5. The van der Waals surface area contributed by atoms with E-state index in [-0.39, 0.29) is 11.8 Å². The fourth-order valence-corrected chi connectivity index (χ4v) is 9.06. The van der Waals surface area contributed by atoms with Gasteiger partial charge in [0.1, 0.15) is 0 Å². The quantitative estimate of drug-likeness (QED) is 0.0214. The molecule has 10 nitrogen and oxygen atoms in total. The highest BCUT2D eigenvalue weighted by molar-refractivity contribution is 6.01. The van der Waals surface area contributed by atoms with Crippen LogP contribution in [-0.2, 0) is 16.1 Å². The van der Waals surface area contributed by atoms with Crippen molar-refractivity contribution in [2.24, 2.45) is 17.3 Å². The Bertz CT molecular complexity index is 1780. The van der Waals surface area contributed by atoms with Crippen LogP contribution < -0.4 is 38.2 Å². The lowest BCUT2D eigenvalue weighted by molar-refractivity contribution is -0.122. The average Bonchev–Trinajstić information content (AvgIpc) is 3.29. The van der Waals surface area contributed by atoms with Crippen LogP contribution in [0.3, 0.4) is 0 Å². The number of nitrogens with two attached hydrogens (primary N) is 3. The maximum Gasteiger partial charge on any atom is 0.236 e. The number of amides is 2. The van der Waals surface area contributed by atoms with Gasteiger partial charge in [-0.2, -0.15) is 0 Å². The smallest absolute Gasteiger partial charge is 0.236 e. The molecule has 0 aromatic heterocycles. The van der Waals surface area contributed by atoms with E-state index < -0.39 is 6.04 Å². The van der Waals surface area contributed by atoms with Gasteiger partial charge in [-0.3, -0.25) is 9.59 Å². The molecule has 1 fully saturated rings. The van der Waals surface area contributed by atoms with Gasteiger partial charge >= 0.3 is 0 Å². The lowest BCUT2D eigenvalue weighted by Crippen LogP contribution is -2.41. The largest absolute Gasteiger partial charge is 0.396 e. The number of carbonyl (C=O) groups excluding carboxylic acids is 2. The predicted octanol–water partition coefficient (Wildman–Crippen LogP) is 10.9. The fourth-order valence-electron chi connectivity index (χ4n) is 9.06. The molecule has 9 N–H and O–H groups in total. The number of rotatable bonds is 28. The van der Waals surface area contributed by atoms with E-state index >= 15 is 0 Å². The van der Waals surface area contributed by atoms with E-state index in [1.807, 2.05) is 53.4 Å². The van der Waals surface area contributed by atoms with Crippen LogP contribution in [0.2, 0.25) is 0 Å². The zero-order valence-electron chi connectivity index (χ0n) is 39.8. The van der Waals surface area contributed by atoms with Crippen LogP contribution in [-0.4, -0.2) is 48.5 Å². The van der Waals surface area contributed by atoms with Crippen molar-refractivity contribution in [3.63, 3.8) is 0 Å². The molecule has 0 bridgehead atoms. The van der Waals surface area contributed by atoms with Gasteiger partial charge in [0.15, 0.2) is 0 Å². The predicted molar refractivity (Wildman–Crippen MR) is 270 cm³/mol. The molecule has 1 aliphatic carbocycles. The Kier molecular flexibility index (Phi) is 24.3. The Hall–Kier alpha value is -4.54. The van der Waals surface area contributed by atoms with Crippen molar-refractivity contribution in [2.45, 2.75) is 186 Å². The first kappa shape index (κ1) is 52.1. The molecule has 2 aromatic rings. The lowest BCUT2D eigenvalue weighted by atomic mass is 9.95. The summed E-state index contributed by atoms with van der Waals surface area (Å²) in [5.41, 5.74) is 21.6. The molecule has 1 unspecified atom stereocenters. The molecule has 1 saturated carbocycles. The van der Waals surface area contributed by atoms with E-state index in [9.17, 15) is 9.59 Å². The Morgan fingerprint density at radius 2 is 1.36 bits per heavy atom. The highest BCUT2D eigenvalue weighted by Crippen LogP contribution is 2.37. The van der Waals surface area contributed by atoms with Crippen molar-refractivity contribution in [3.8, 4) is 0 Å². The lowest BCUT2D eigenvalue weighted by Gasteiger charge is -2.33. The van der Waals surface area contributed by atoms with Crippen LogP contribution in [0.25, 0.3) is 11.4 Å². The first-order valence-corrected chi connectivity index (χ1v) is 25.1. The molecule has 0 radical (unpaired) electrons. The average molecular weight is 879 g/mol. The molecule has 0 spiro atoms. The zero-order chi connectivity index (χ0) is 45.9. The number of anilines is 1. The summed E-state index contributed by atoms with van der Waals surface area (Å²) in [5, 5.41) is 11.9. The summed E-state index contributed by atoms with van der Waals surface area (Å²) in [7, 11) is 0. The molecular weight excluding hydrogens is 793 g/mol. The van der Waals surface area contributed by atoms with Crippen LogP contribution >= 0.6 is 0 Å². The normalized spacial score (nSPS) is 16.3. The Labute approximate surface area is 388 Å². The van der Waals surface area contributed by atoms with Crippen LogP contribution in [0.1, 0.15) is 184 Å². The first-order valence-electron chi connectivity index (χ1n) is 25.1. The summed E-state index contributed by atoms with van der Waals surface area (Å²) in [6, 6.07) is 15.9. The number of benzene rings is 2. The molecule has 1 atom stereocenters. The maximum absolute atomic E-state index is 13.9. The van der Waals surface area contributed by atoms with Gasteiger partial charge in [0.25, 0.3) is 0 Å². The third-order valence-corrected chi connectivity index (χ3v) is 13.0. The minimum Gasteiger partial charge on any atom is -0.396 e. The molecule has 354 valence electrons. The maximum atomic E-state index is 13.9. The minimum atomic E-state index is -0.571. The summed E-state index contributed by atoms with van der Waals surface area (Å²) >= 11 is 0. The summed E-state index contributed by atoms with van der Waals surface area (Å²) in [4.78, 5) is 28.7. The van der Waals surface area contributed by atoms with Gasteiger partial charge < -0.3 is 37.3 Å². The molecule has 2 amide bonds. The number of allylic oxidation sites excluding steroid dienone is 3. The summed E-state index contributed by atoms with van der Waals surface area (Å²) in [6.07, 6.45) is 26.8. The second kappa shape index (κ2) is 29.8. The number of para-hydroxylation sites is 1. The van der Waals surface area contributed by atoms with Crippen molar-refractivity contribution in [2.75, 3.05) is 24.5 Å². The summed E-state index contributed by atoms with van der Waals surface area (Å²) < 4.78 is 0. The third-order valence-electron chi connectivity index (χ3n) is 13.0. The second-order valence-corrected chi connectivity index (χ2v) is 18.5. The highest BCUT2D eigenvalue weighted by atomic mass is 16.2. The van der Waals surface area contributed by atoms with Crippen LogP contribution in [0.5, 0.6) is 0 Å². The molecule has 1 heterocycles. The molecule has 10 heteroatoms. The Balaban J connectivity index is 1.14. The van der Waals surface area contributed by atoms with E-state index in [1.54, 1.807) is 5.01 Å². The Morgan fingerprint density at radius 3 is 2.11 bits per heavy atom. The number of fused-ring (bicyclic) bond motifs is 2. The molecule has 1 aliphatic heterocycles. The van der Waals surface area contributed by atoms with Crippen molar-refractivity contribution in [1.82, 2.24) is 21.0 Å². The zero-order valence-corrected chi connectivity index (χ0v) is 39.8. The number of unbranched alkanes of at least 4 members (excludes halogenated alkanes) is 6. The molecule has 2 aromatic carbocycles. The van der Waals surface area contributed by atoms with E-state index in [4.69, 9.17) is 17.3 Å². The topological polar surface area (TPSA) is 155 Å². The van der Waals surface area contributed by atoms with E-state index in [1.165, 1.54) is 75.5 Å². The van der Waals surface area contributed by atoms with Gasteiger partial charge in [-0.25, -0.2) is 5.84 Å². The van der Waals surface area contributed by atoms with E-state index in [2.05, 4.69) is 42.6 Å². The van der Waals surface area contributed by atoms with E-state index in [0.717, 1.165) is 118 Å². The standard InChI is InChI=1S/C54H86N8O2/c1-5-38-58-43(3)27-17-22-35-51(63)61-41-45-28-18-19-31-47(45)52(56)53(48-32-20-21-34-50(48)61)62(57)40-25-23-33-49(55)54(64)59-39-24-13-9-10-14-26-42(2)36-37-44(4)60-46-29-15-11-7-6-8-12-16-30-46/h18-21,28,31-32,34,46,49,58,60H,2-17,22-27,29-30,33,35-41,55-57H2,1H3,(H,59,64)/b53-52-. The van der Waals surface area contributed by atoms with Crippen LogP contribution in [0.15, 0.2) is 85.2 Å². The minimum absolute atomic E-state index is 0.0637. The van der Waals surface area contributed by atoms with Crippen molar-refractivity contribution in [1.29, 1.82) is 0 Å². The highest BCUT2D eigenvalue weighted by Gasteiger charge is 2.28. The molecular formula is C54H86N8O2. The molecule has 64 heavy (non-hydrogen) atoms. The van der Waals surface area contributed by atoms with Crippen LogP contribution in [0.4, 0.5) is 5.69 Å². The summed E-state index contributed by atoms with van der Waals surface area (Å²) in [5.74, 6) is 6.82. The monoisotopic (exact) mass is 879 g/mol. The number of hydrogen-bond donors (Lipinski definition) is 6. The first-order chi connectivity index (χ1) is 31.1. The number of nitrogens with one attached hydrogen (secondary N) is 3. The third kappa shape index (κ3) is 18.5. The van der Waals surface area contributed by atoms with Crippen molar-refractivity contribution < 1.29 is 9.59 Å². The van der Waals surface area contributed by atoms with Crippen molar-refractivity contribution in [3.05, 3.63) is 102 Å². The van der Waals surface area contributed by atoms with Crippen LogP contribution in [0, 0.1) is 0 Å². The van der Waals surface area contributed by atoms with Gasteiger partial charge in [0.2, 0.25) is 11.8 Å². The van der Waals surface area contributed by atoms with Gasteiger partial charge in [0, 0.05) is 54.6 Å². The molecule has 0 saturated heterocycles. The van der Waals surface area contributed by atoms with Crippen molar-refractivity contribution >= 4 is 28.9 Å². The number of hydrazine groups is 1. The molecule has 2 aliphatic rings. The van der Waals surface area contributed by atoms with Gasteiger partial charge in [0.05, 0.1) is 29.7 Å².